The number of rotatable bonds is 5. The summed E-state index contributed by atoms with van der Waals surface area (Å²) in [6.45, 7) is 8.02. The zero-order valence-electron chi connectivity index (χ0n) is 12.6. The molecule has 0 aromatic rings. The molecule has 4 heteroatoms. The molecule has 0 saturated carbocycles. The van der Waals surface area contributed by atoms with E-state index in [4.69, 9.17) is 4.74 Å². The summed E-state index contributed by atoms with van der Waals surface area (Å²) >= 11 is 0. The van der Waals surface area contributed by atoms with E-state index < -0.39 is 0 Å². The van der Waals surface area contributed by atoms with Crippen molar-refractivity contribution in [3.63, 3.8) is 0 Å². The third kappa shape index (κ3) is 2.95. The molecule has 0 radical (unpaired) electrons. The van der Waals surface area contributed by atoms with Crippen molar-refractivity contribution in [3.05, 3.63) is 0 Å². The van der Waals surface area contributed by atoms with Gasteiger partial charge in [-0.05, 0) is 32.1 Å². The van der Waals surface area contributed by atoms with Gasteiger partial charge < -0.3 is 9.64 Å². The van der Waals surface area contributed by atoms with Crippen molar-refractivity contribution in [2.24, 2.45) is 0 Å². The molecule has 0 spiro atoms. The van der Waals surface area contributed by atoms with Gasteiger partial charge in [-0.25, -0.2) is 0 Å². The molecule has 2 rings (SSSR count). The van der Waals surface area contributed by atoms with Gasteiger partial charge in [0.2, 0.25) is 5.91 Å². The third-order valence-electron chi connectivity index (χ3n) is 4.86. The molecule has 110 valence electrons. The molecule has 4 nitrogen and oxygen atoms in total. The average Bonchev–Trinajstić information content (AvgIpc) is 2.81. The van der Waals surface area contributed by atoms with Crippen LogP contribution in [0.4, 0.5) is 0 Å². The number of hydrogen-bond acceptors (Lipinski definition) is 3. The van der Waals surface area contributed by atoms with Crippen molar-refractivity contribution in [1.82, 2.24) is 10.2 Å². The van der Waals surface area contributed by atoms with Crippen LogP contribution in [0.1, 0.15) is 59.3 Å². The molecule has 2 atom stereocenters. The number of hydrogen-bond donors (Lipinski definition) is 1. The van der Waals surface area contributed by atoms with E-state index in [1.807, 2.05) is 0 Å². The van der Waals surface area contributed by atoms with Gasteiger partial charge in [0.05, 0.1) is 18.3 Å². The molecule has 19 heavy (non-hydrogen) atoms. The molecule has 0 aliphatic carbocycles. The molecular weight excluding hydrogens is 240 g/mol. The summed E-state index contributed by atoms with van der Waals surface area (Å²) in [5.74, 6) is 0.301. The predicted octanol–water partition coefficient (Wildman–Crippen LogP) is 2.28. The summed E-state index contributed by atoms with van der Waals surface area (Å²) in [6, 6.07) is 0.404. The summed E-state index contributed by atoms with van der Waals surface area (Å²) in [4.78, 5) is 14.5. The average molecular weight is 268 g/mol. The fraction of sp³-hybridized carbons (Fsp3) is 0.933. The monoisotopic (exact) mass is 268 g/mol. The summed E-state index contributed by atoms with van der Waals surface area (Å²) in [6.07, 6.45) is 6.05. The number of carbonyl (C=O) groups excluding carboxylic acids is 1. The van der Waals surface area contributed by atoms with Crippen molar-refractivity contribution in [3.8, 4) is 0 Å². The predicted molar refractivity (Wildman–Crippen MR) is 75.8 cm³/mol. The van der Waals surface area contributed by atoms with Crippen LogP contribution in [0.2, 0.25) is 0 Å². The van der Waals surface area contributed by atoms with E-state index >= 15 is 0 Å². The van der Waals surface area contributed by atoms with Gasteiger partial charge in [0.25, 0.3) is 0 Å². The highest BCUT2D eigenvalue weighted by molar-refractivity contribution is 5.84. The lowest BCUT2D eigenvalue weighted by Gasteiger charge is -2.43. The maximum Gasteiger partial charge on any atom is 0.241 e. The highest BCUT2D eigenvalue weighted by Crippen LogP contribution is 2.34. The molecule has 2 aliphatic heterocycles. The van der Waals surface area contributed by atoms with Crippen molar-refractivity contribution < 1.29 is 9.53 Å². The van der Waals surface area contributed by atoms with Gasteiger partial charge in [0.15, 0.2) is 0 Å². The van der Waals surface area contributed by atoms with Crippen LogP contribution in [0.3, 0.4) is 0 Å². The first-order valence-corrected chi connectivity index (χ1v) is 7.83. The summed E-state index contributed by atoms with van der Waals surface area (Å²) in [7, 11) is 0. The lowest BCUT2D eigenvalue weighted by molar-refractivity contribution is -0.140. The molecule has 1 N–H and O–H groups in total. The van der Waals surface area contributed by atoms with Crippen LogP contribution in [0.25, 0.3) is 0 Å². The van der Waals surface area contributed by atoms with Gasteiger partial charge in [-0.1, -0.05) is 27.2 Å². The summed E-state index contributed by atoms with van der Waals surface area (Å²) in [5, 5.41) is 3.35. The molecule has 2 unspecified atom stereocenters. The van der Waals surface area contributed by atoms with E-state index in [1.165, 1.54) is 0 Å². The maximum atomic E-state index is 12.4. The molecular formula is C15H28N2O2. The Labute approximate surface area is 116 Å². The topological polar surface area (TPSA) is 41.6 Å². The minimum atomic E-state index is -0.00790. The van der Waals surface area contributed by atoms with E-state index in [0.29, 0.717) is 11.9 Å². The number of amides is 1. The van der Waals surface area contributed by atoms with Crippen molar-refractivity contribution in [2.75, 3.05) is 13.3 Å². The van der Waals surface area contributed by atoms with E-state index in [-0.39, 0.29) is 11.6 Å². The van der Waals surface area contributed by atoms with Gasteiger partial charge in [0.1, 0.15) is 0 Å². The first-order chi connectivity index (χ1) is 9.15. The largest absolute Gasteiger partial charge is 0.375 e. The first kappa shape index (κ1) is 14.8. The molecule has 0 aromatic carbocycles. The Kier molecular flexibility index (Phi) is 4.85. The van der Waals surface area contributed by atoms with Gasteiger partial charge in [-0.2, -0.15) is 0 Å². The quantitative estimate of drug-likeness (QED) is 0.831. The standard InChI is InChI=1S/C15H28N2O2/c1-4-7-13-14(18)17(11-16-13)12-8-9-19-15(5-2,6-3)10-12/h12-13,16H,4-11H2,1-3H3. The highest BCUT2D eigenvalue weighted by atomic mass is 16.5. The van der Waals surface area contributed by atoms with Crippen LogP contribution in [0.5, 0.6) is 0 Å². The second-order valence-corrected chi connectivity index (χ2v) is 5.90. The Morgan fingerprint density at radius 3 is 2.74 bits per heavy atom. The zero-order valence-corrected chi connectivity index (χ0v) is 12.6. The molecule has 2 fully saturated rings. The first-order valence-electron chi connectivity index (χ1n) is 7.83. The summed E-state index contributed by atoms with van der Waals surface area (Å²) < 4.78 is 6.00. The Bertz CT molecular complexity index is 315. The van der Waals surface area contributed by atoms with E-state index in [9.17, 15) is 4.79 Å². The second-order valence-electron chi connectivity index (χ2n) is 5.90. The van der Waals surface area contributed by atoms with E-state index in [0.717, 1.165) is 51.8 Å². The van der Waals surface area contributed by atoms with Crippen LogP contribution in [0.15, 0.2) is 0 Å². The normalized spacial score (nSPS) is 30.9. The van der Waals surface area contributed by atoms with Crippen molar-refractivity contribution in [2.45, 2.75) is 77.0 Å². The Morgan fingerprint density at radius 2 is 2.11 bits per heavy atom. The summed E-state index contributed by atoms with van der Waals surface area (Å²) in [5.41, 5.74) is -0.00790. The Balaban J connectivity index is 2.00. The molecule has 0 bridgehead atoms. The van der Waals surface area contributed by atoms with Crippen molar-refractivity contribution >= 4 is 5.91 Å². The van der Waals surface area contributed by atoms with Gasteiger partial charge in [-0.3, -0.25) is 10.1 Å². The third-order valence-corrected chi connectivity index (χ3v) is 4.86. The SMILES string of the molecule is CCCC1NCN(C2CCOC(CC)(CC)C2)C1=O. The maximum absolute atomic E-state index is 12.4. The lowest BCUT2D eigenvalue weighted by Crippen LogP contribution is -2.49. The van der Waals surface area contributed by atoms with Crippen LogP contribution in [0, 0.1) is 0 Å². The molecule has 2 aliphatic rings. The van der Waals surface area contributed by atoms with Gasteiger partial charge >= 0.3 is 0 Å². The minimum absolute atomic E-state index is 0.00790. The van der Waals surface area contributed by atoms with Crippen molar-refractivity contribution in [1.29, 1.82) is 0 Å². The number of nitrogens with zero attached hydrogens (tertiary/aromatic N) is 1. The van der Waals surface area contributed by atoms with Crippen LogP contribution in [-0.2, 0) is 9.53 Å². The fourth-order valence-corrected chi connectivity index (χ4v) is 3.41. The van der Waals surface area contributed by atoms with Crippen LogP contribution < -0.4 is 5.32 Å². The smallest absolute Gasteiger partial charge is 0.241 e. The number of carbonyl (C=O) groups is 1. The van der Waals surface area contributed by atoms with E-state index in [2.05, 4.69) is 31.0 Å². The van der Waals surface area contributed by atoms with Gasteiger partial charge in [-0.15, -0.1) is 0 Å². The Hall–Kier alpha value is -0.610. The number of ether oxygens (including phenoxy) is 1. The van der Waals surface area contributed by atoms with E-state index in [1.54, 1.807) is 0 Å². The van der Waals surface area contributed by atoms with Gasteiger partial charge in [0, 0.05) is 12.6 Å². The molecule has 2 heterocycles. The Morgan fingerprint density at radius 1 is 1.37 bits per heavy atom. The zero-order chi connectivity index (χ0) is 13.9. The van der Waals surface area contributed by atoms with Crippen LogP contribution in [-0.4, -0.2) is 41.8 Å². The molecule has 0 aromatic heterocycles. The molecule has 1 amide bonds. The highest BCUT2D eigenvalue weighted by Gasteiger charge is 2.41. The van der Waals surface area contributed by atoms with Crippen LogP contribution >= 0.6 is 0 Å². The second kappa shape index (κ2) is 6.23. The molecule has 2 saturated heterocycles. The minimum Gasteiger partial charge on any atom is -0.375 e. The lowest BCUT2D eigenvalue weighted by atomic mass is 9.85. The number of nitrogens with one attached hydrogen (secondary N) is 1. The fourth-order valence-electron chi connectivity index (χ4n) is 3.41.